The van der Waals surface area contributed by atoms with Crippen molar-refractivity contribution >= 4 is 47.6 Å². The Balaban J connectivity index is 2.45. The molecule has 2 rings (SSSR count). The third kappa shape index (κ3) is 3.87. The van der Waals surface area contributed by atoms with E-state index >= 15 is 0 Å². The highest BCUT2D eigenvalue weighted by molar-refractivity contribution is 9.11. The van der Waals surface area contributed by atoms with Crippen LogP contribution in [0.3, 0.4) is 0 Å². The molecular formula is C14H12Br2FNO3S. The average Bonchev–Trinajstić information content (AvgIpc) is 2.39. The maximum absolute atomic E-state index is 13.3. The van der Waals surface area contributed by atoms with E-state index in [0.717, 1.165) is 12.1 Å². The van der Waals surface area contributed by atoms with Gasteiger partial charge in [0.1, 0.15) is 10.7 Å². The summed E-state index contributed by atoms with van der Waals surface area (Å²) in [5.74, 6) is -0.544. The Kier molecular flexibility index (Phi) is 5.60. The van der Waals surface area contributed by atoms with Crippen LogP contribution in [0.2, 0.25) is 0 Å². The summed E-state index contributed by atoms with van der Waals surface area (Å²) in [4.78, 5) is -0.0684. The predicted octanol–water partition coefficient (Wildman–Crippen LogP) is 4.30. The van der Waals surface area contributed by atoms with Crippen molar-refractivity contribution in [1.82, 2.24) is 0 Å². The van der Waals surface area contributed by atoms with E-state index in [9.17, 15) is 12.8 Å². The van der Waals surface area contributed by atoms with Crippen molar-refractivity contribution in [1.29, 1.82) is 0 Å². The maximum atomic E-state index is 13.3. The molecule has 0 fully saturated rings. The number of para-hydroxylation sites is 1. The first-order chi connectivity index (χ1) is 10.3. The van der Waals surface area contributed by atoms with Crippen LogP contribution in [-0.2, 0) is 21.4 Å². The summed E-state index contributed by atoms with van der Waals surface area (Å²) in [6.45, 7) is 0.268. The van der Waals surface area contributed by atoms with E-state index < -0.39 is 15.8 Å². The average molecular weight is 453 g/mol. The second kappa shape index (κ2) is 7.08. The third-order valence-corrected chi connectivity index (χ3v) is 6.03. The molecule has 8 heteroatoms. The molecular weight excluding hydrogens is 441 g/mol. The van der Waals surface area contributed by atoms with Gasteiger partial charge in [-0.15, -0.1) is 0 Å². The predicted molar refractivity (Wildman–Crippen MR) is 89.8 cm³/mol. The minimum absolute atomic E-state index is 0.0684. The fourth-order valence-electron chi connectivity index (χ4n) is 1.88. The van der Waals surface area contributed by atoms with Crippen molar-refractivity contribution in [2.75, 3.05) is 11.8 Å². The van der Waals surface area contributed by atoms with Crippen LogP contribution in [0.15, 0.2) is 50.2 Å². The lowest BCUT2D eigenvalue weighted by atomic mass is 10.2. The highest BCUT2D eigenvalue weighted by atomic mass is 79.9. The van der Waals surface area contributed by atoms with E-state index in [1.54, 1.807) is 24.3 Å². The number of halogens is 3. The molecule has 0 spiro atoms. The Morgan fingerprint density at radius 3 is 2.36 bits per heavy atom. The number of hydrogen-bond donors (Lipinski definition) is 1. The molecule has 1 N–H and O–H groups in total. The van der Waals surface area contributed by atoms with Gasteiger partial charge in [-0.3, -0.25) is 4.72 Å². The lowest BCUT2D eigenvalue weighted by molar-refractivity contribution is 0.185. The van der Waals surface area contributed by atoms with Crippen molar-refractivity contribution in [3.63, 3.8) is 0 Å². The van der Waals surface area contributed by atoms with Crippen LogP contribution in [0.25, 0.3) is 0 Å². The normalized spacial score (nSPS) is 11.5. The number of hydrogen-bond acceptors (Lipinski definition) is 3. The summed E-state index contributed by atoms with van der Waals surface area (Å²) in [6.07, 6.45) is 0. The van der Waals surface area contributed by atoms with Crippen molar-refractivity contribution in [3.8, 4) is 0 Å². The maximum Gasteiger partial charge on any atom is 0.264 e. The molecule has 0 aliphatic heterocycles. The highest BCUT2D eigenvalue weighted by Gasteiger charge is 2.23. The van der Waals surface area contributed by atoms with Gasteiger partial charge in [-0.05, 0) is 50.1 Å². The van der Waals surface area contributed by atoms with E-state index in [-0.39, 0.29) is 20.4 Å². The molecule has 0 radical (unpaired) electrons. The summed E-state index contributed by atoms with van der Waals surface area (Å²) < 4.78 is 46.3. The van der Waals surface area contributed by atoms with Crippen LogP contribution in [0.5, 0.6) is 0 Å². The summed E-state index contributed by atoms with van der Waals surface area (Å²) >= 11 is 6.17. The van der Waals surface area contributed by atoms with Gasteiger partial charge in [0.25, 0.3) is 10.0 Å². The number of nitrogens with one attached hydrogen (secondary N) is 1. The van der Waals surface area contributed by atoms with Gasteiger partial charge in [0, 0.05) is 21.6 Å². The van der Waals surface area contributed by atoms with Gasteiger partial charge < -0.3 is 4.74 Å². The van der Waals surface area contributed by atoms with Crippen molar-refractivity contribution in [3.05, 3.63) is 56.7 Å². The fourth-order valence-corrected chi connectivity index (χ4v) is 5.51. The first-order valence-corrected chi connectivity index (χ1v) is 9.16. The number of methoxy groups -OCH3 is 1. The second-order valence-corrected chi connectivity index (χ2v) is 7.72. The van der Waals surface area contributed by atoms with Gasteiger partial charge in [0.2, 0.25) is 0 Å². The first kappa shape index (κ1) is 17.4. The molecule has 22 heavy (non-hydrogen) atoms. The Morgan fingerprint density at radius 2 is 1.77 bits per heavy atom. The van der Waals surface area contributed by atoms with E-state index in [1.807, 2.05) is 0 Å². The zero-order chi connectivity index (χ0) is 16.3. The largest absolute Gasteiger partial charge is 0.380 e. The van der Waals surface area contributed by atoms with E-state index in [0.29, 0.717) is 11.3 Å². The van der Waals surface area contributed by atoms with Crippen LogP contribution in [0, 0.1) is 5.82 Å². The molecule has 0 bridgehead atoms. The minimum Gasteiger partial charge on any atom is -0.380 e. The van der Waals surface area contributed by atoms with Crippen LogP contribution < -0.4 is 4.72 Å². The minimum atomic E-state index is -3.90. The number of sulfonamides is 1. The molecule has 0 aliphatic rings. The van der Waals surface area contributed by atoms with Crippen molar-refractivity contribution < 1.29 is 17.5 Å². The number of ether oxygens (including phenoxy) is 1. The van der Waals surface area contributed by atoms with Crippen molar-refractivity contribution in [2.45, 2.75) is 11.5 Å². The Bertz CT molecular complexity index is 773. The Labute approximate surface area is 145 Å². The molecule has 0 aromatic heterocycles. The fraction of sp³-hybridized carbons (Fsp3) is 0.143. The molecule has 0 amide bonds. The summed E-state index contributed by atoms with van der Waals surface area (Å²) in [5, 5.41) is 0. The standard InChI is InChI=1S/C14H12Br2FNO3S/c1-21-8-9-4-2-3-5-13(9)18-22(19,20)14-11(15)6-10(17)7-12(14)16/h2-7,18H,8H2,1H3. The quantitative estimate of drug-likeness (QED) is 0.735. The molecule has 118 valence electrons. The number of rotatable bonds is 5. The monoisotopic (exact) mass is 451 g/mol. The van der Waals surface area contributed by atoms with Gasteiger partial charge in [-0.25, -0.2) is 12.8 Å². The summed E-state index contributed by atoms with van der Waals surface area (Å²) in [5.41, 5.74) is 1.11. The number of anilines is 1. The van der Waals surface area contributed by atoms with Crippen LogP contribution >= 0.6 is 31.9 Å². The molecule has 2 aromatic rings. The third-order valence-electron chi connectivity index (χ3n) is 2.79. The van der Waals surface area contributed by atoms with Gasteiger partial charge >= 0.3 is 0 Å². The molecule has 0 atom stereocenters. The van der Waals surface area contributed by atoms with E-state index in [2.05, 4.69) is 36.6 Å². The van der Waals surface area contributed by atoms with Crippen LogP contribution in [-0.4, -0.2) is 15.5 Å². The molecule has 4 nitrogen and oxygen atoms in total. The first-order valence-electron chi connectivity index (χ1n) is 6.09. The molecule has 0 heterocycles. The van der Waals surface area contributed by atoms with E-state index in [1.165, 1.54) is 7.11 Å². The lowest BCUT2D eigenvalue weighted by Gasteiger charge is -2.14. The molecule has 0 saturated heterocycles. The zero-order valence-electron chi connectivity index (χ0n) is 11.4. The van der Waals surface area contributed by atoms with E-state index in [4.69, 9.17) is 4.74 Å². The highest BCUT2D eigenvalue weighted by Crippen LogP contribution is 2.32. The SMILES string of the molecule is COCc1ccccc1NS(=O)(=O)c1c(Br)cc(F)cc1Br. The van der Waals surface area contributed by atoms with Crippen LogP contribution in [0.4, 0.5) is 10.1 Å². The Morgan fingerprint density at radius 1 is 1.18 bits per heavy atom. The molecule has 0 aliphatic carbocycles. The summed E-state index contributed by atoms with van der Waals surface area (Å²) in [7, 11) is -2.37. The smallest absolute Gasteiger partial charge is 0.264 e. The second-order valence-electron chi connectivity index (χ2n) is 4.39. The van der Waals surface area contributed by atoms with Gasteiger partial charge in [0.05, 0.1) is 12.3 Å². The van der Waals surface area contributed by atoms with Crippen molar-refractivity contribution in [2.24, 2.45) is 0 Å². The van der Waals surface area contributed by atoms with Crippen LogP contribution in [0.1, 0.15) is 5.56 Å². The molecule has 0 unspecified atom stereocenters. The topological polar surface area (TPSA) is 55.4 Å². The molecule has 2 aromatic carbocycles. The zero-order valence-corrected chi connectivity index (χ0v) is 15.4. The van der Waals surface area contributed by atoms with Gasteiger partial charge in [-0.1, -0.05) is 18.2 Å². The Hall–Kier alpha value is -0.960. The number of benzene rings is 2. The van der Waals surface area contributed by atoms with Gasteiger partial charge in [-0.2, -0.15) is 0 Å². The summed E-state index contributed by atoms with van der Waals surface area (Å²) in [6, 6.07) is 9.09. The van der Waals surface area contributed by atoms with Gasteiger partial charge in [0.15, 0.2) is 0 Å². The molecule has 0 saturated carbocycles. The lowest BCUT2D eigenvalue weighted by Crippen LogP contribution is -2.15.